The van der Waals surface area contributed by atoms with E-state index in [2.05, 4.69) is 5.11 Å². The van der Waals surface area contributed by atoms with Crippen LogP contribution in [0.15, 0.2) is 29.5 Å². The SMILES string of the molecule is CC=CC=CN=N. The number of rotatable bonds is 2. The summed E-state index contributed by atoms with van der Waals surface area (Å²) in [5.41, 5.74) is 6.29. The Morgan fingerprint density at radius 1 is 1.43 bits per heavy atom. The minimum Gasteiger partial charge on any atom is -0.205 e. The maximum absolute atomic E-state index is 6.29. The number of nitrogens with one attached hydrogen (secondary N) is 1. The summed E-state index contributed by atoms with van der Waals surface area (Å²) in [4.78, 5) is 0. The van der Waals surface area contributed by atoms with E-state index in [-0.39, 0.29) is 0 Å². The van der Waals surface area contributed by atoms with Crippen LogP contribution in [0.4, 0.5) is 0 Å². The number of hydrogen-bond acceptors (Lipinski definition) is 2. The predicted octanol–water partition coefficient (Wildman–Crippen LogP) is 2.11. The Balaban J connectivity index is 3.27. The minimum absolute atomic E-state index is 1.42. The van der Waals surface area contributed by atoms with E-state index >= 15 is 0 Å². The van der Waals surface area contributed by atoms with E-state index < -0.39 is 0 Å². The second-order valence-electron chi connectivity index (χ2n) is 0.996. The van der Waals surface area contributed by atoms with Crippen molar-refractivity contribution >= 4 is 0 Å². The molecule has 2 nitrogen and oxygen atoms in total. The van der Waals surface area contributed by atoms with Crippen LogP contribution < -0.4 is 0 Å². The van der Waals surface area contributed by atoms with Gasteiger partial charge in [-0.1, -0.05) is 12.2 Å². The van der Waals surface area contributed by atoms with Crippen molar-refractivity contribution in [3.05, 3.63) is 24.4 Å². The molecule has 38 valence electrons. The Labute approximate surface area is 43.1 Å². The molecule has 0 aromatic carbocycles. The lowest BCUT2D eigenvalue weighted by Crippen LogP contribution is -1.42. The fourth-order valence-electron chi connectivity index (χ4n) is 0.204. The summed E-state index contributed by atoms with van der Waals surface area (Å²) in [6.45, 7) is 1.91. The first-order valence-corrected chi connectivity index (χ1v) is 2.06. The number of allylic oxidation sites excluding steroid dienone is 3. The van der Waals surface area contributed by atoms with Gasteiger partial charge in [-0.3, -0.25) is 0 Å². The Bertz CT molecular complexity index is 92.3. The van der Waals surface area contributed by atoms with Gasteiger partial charge in [0.25, 0.3) is 0 Å². The molecule has 0 aliphatic carbocycles. The van der Waals surface area contributed by atoms with Crippen molar-refractivity contribution in [2.24, 2.45) is 5.11 Å². The van der Waals surface area contributed by atoms with Crippen molar-refractivity contribution < 1.29 is 0 Å². The Morgan fingerprint density at radius 2 is 2.14 bits per heavy atom. The van der Waals surface area contributed by atoms with Crippen LogP contribution in [0, 0.1) is 5.53 Å². The smallest absolute Gasteiger partial charge is 0.0488 e. The van der Waals surface area contributed by atoms with Gasteiger partial charge < -0.3 is 0 Å². The van der Waals surface area contributed by atoms with Crippen molar-refractivity contribution in [3.8, 4) is 0 Å². The molecule has 0 saturated carbocycles. The van der Waals surface area contributed by atoms with Gasteiger partial charge in [0.05, 0.1) is 0 Å². The summed E-state index contributed by atoms with van der Waals surface area (Å²) < 4.78 is 0. The summed E-state index contributed by atoms with van der Waals surface area (Å²) in [6.07, 6.45) is 6.81. The summed E-state index contributed by atoms with van der Waals surface area (Å²) in [5.74, 6) is 0. The van der Waals surface area contributed by atoms with Crippen LogP contribution in [0.1, 0.15) is 6.92 Å². The van der Waals surface area contributed by atoms with Gasteiger partial charge in [0.1, 0.15) is 0 Å². The number of nitrogens with zero attached hydrogens (tertiary/aromatic N) is 1. The van der Waals surface area contributed by atoms with E-state index in [9.17, 15) is 0 Å². The van der Waals surface area contributed by atoms with Crippen LogP contribution in [-0.2, 0) is 0 Å². The lowest BCUT2D eigenvalue weighted by Gasteiger charge is -1.64. The first kappa shape index (κ1) is 6.08. The molecular weight excluding hydrogens is 88.1 g/mol. The zero-order valence-electron chi connectivity index (χ0n) is 4.26. The second kappa shape index (κ2) is 5.08. The van der Waals surface area contributed by atoms with Crippen molar-refractivity contribution in [1.82, 2.24) is 0 Å². The maximum Gasteiger partial charge on any atom is 0.0488 e. The molecule has 0 fully saturated rings. The second-order valence-corrected chi connectivity index (χ2v) is 0.996. The molecule has 0 radical (unpaired) electrons. The average molecular weight is 96.1 g/mol. The molecule has 7 heavy (non-hydrogen) atoms. The fraction of sp³-hybridized carbons (Fsp3) is 0.200. The van der Waals surface area contributed by atoms with E-state index in [1.807, 2.05) is 19.1 Å². The average Bonchev–Trinajstić information content (AvgIpc) is 1.69. The molecule has 0 rings (SSSR count). The molecule has 0 aliphatic rings. The minimum atomic E-state index is 1.42. The third-order valence-corrected chi connectivity index (χ3v) is 0.464. The van der Waals surface area contributed by atoms with Gasteiger partial charge in [0.15, 0.2) is 0 Å². The highest BCUT2D eigenvalue weighted by Crippen LogP contribution is 1.74. The molecule has 1 N–H and O–H groups in total. The van der Waals surface area contributed by atoms with E-state index in [4.69, 9.17) is 5.53 Å². The summed E-state index contributed by atoms with van der Waals surface area (Å²) in [6, 6.07) is 0. The molecule has 0 amide bonds. The van der Waals surface area contributed by atoms with Crippen molar-refractivity contribution in [2.45, 2.75) is 6.92 Å². The van der Waals surface area contributed by atoms with Gasteiger partial charge in [-0.25, -0.2) is 5.53 Å². The molecule has 0 atom stereocenters. The zero-order valence-corrected chi connectivity index (χ0v) is 4.26. The largest absolute Gasteiger partial charge is 0.205 e. The van der Waals surface area contributed by atoms with E-state index in [1.165, 1.54) is 6.20 Å². The Hall–Kier alpha value is -0.920. The molecule has 0 unspecified atom stereocenters. The van der Waals surface area contributed by atoms with E-state index in [1.54, 1.807) is 6.08 Å². The van der Waals surface area contributed by atoms with Crippen LogP contribution in [0.5, 0.6) is 0 Å². The topological polar surface area (TPSA) is 36.2 Å². The summed E-state index contributed by atoms with van der Waals surface area (Å²) in [7, 11) is 0. The lowest BCUT2D eigenvalue weighted by atomic mass is 10.5. The zero-order chi connectivity index (χ0) is 5.54. The van der Waals surface area contributed by atoms with E-state index in [0.29, 0.717) is 0 Å². The third-order valence-electron chi connectivity index (χ3n) is 0.464. The van der Waals surface area contributed by atoms with Crippen molar-refractivity contribution in [2.75, 3.05) is 0 Å². The molecular formula is C5H8N2. The normalized spacial score (nSPS) is 11.0. The highest BCUT2D eigenvalue weighted by Gasteiger charge is 1.53. The first-order valence-electron chi connectivity index (χ1n) is 2.06. The van der Waals surface area contributed by atoms with Crippen LogP contribution in [0.2, 0.25) is 0 Å². The van der Waals surface area contributed by atoms with Gasteiger partial charge in [-0.2, -0.15) is 5.11 Å². The highest BCUT2D eigenvalue weighted by atomic mass is 14.9. The quantitative estimate of drug-likeness (QED) is 0.403. The van der Waals surface area contributed by atoms with Gasteiger partial charge >= 0.3 is 0 Å². The standard InChI is InChI=1S/C5H8N2/c1-2-3-4-5-7-6/h2-6H,1H3. The van der Waals surface area contributed by atoms with Crippen LogP contribution >= 0.6 is 0 Å². The molecule has 0 saturated heterocycles. The van der Waals surface area contributed by atoms with Gasteiger partial charge in [0, 0.05) is 6.20 Å². The highest BCUT2D eigenvalue weighted by molar-refractivity contribution is 4.99. The van der Waals surface area contributed by atoms with Gasteiger partial charge in [0.2, 0.25) is 0 Å². The Morgan fingerprint density at radius 3 is 2.57 bits per heavy atom. The Kier molecular flexibility index (Phi) is 4.41. The van der Waals surface area contributed by atoms with Crippen molar-refractivity contribution in [1.29, 1.82) is 5.53 Å². The van der Waals surface area contributed by atoms with Crippen LogP contribution in [-0.4, -0.2) is 0 Å². The molecule has 0 spiro atoms. The third kappa shape index (κ3) is 5.08. The predicted molar refractivity (Wildman–Crippen MR) is 29.1 cm³/mol. The van der Waals surface area contributed by atoms with Crippen LogP contribution in [0.3, 0.4) is 0 Å². The molecule has 0 aromatic heterocycles. The summed E-state index contributed by atoms with van der Waals surface area (Å²) in [5, 5.41) is 2.99. The molecule has 0 aromatic rings. The van der Waals surface area contributed by atoms with Crippen molar-refractivity contribution in [3.63, 3.8) is 0 Å². The first-order chi connectivity index (χ1) is 3.41. The lowest BCUT2D eigenvalue weighted by molar-refractivity contribution is 1.14. The van der Waals surface area contributed by atoms with Gasteiger partial charge in [-0.15, -0.1) is 0 Å². The molecule has 0 bridgehead atoms. The molecule has 2 heteroatoms. The van der Waals surface area contributed by atoms with Crippen LogP contribution in [0.25, 0.3) is 0 Å². The number of hydrogen-bond donors (Lipinski definition) is 1. The fourth-order valence-corrected chi connectivity index (χ4v) is 0.204. The molecule has 0 heterocycles. The maximum atomic E-state index is 6.29. The summed E-state index contributed by atoms with van der Waals surface area (Å²) >= 11 is 0. The molecule has 0 aliphatic heterocycles. The monoisotopic (exact) mass is 96.1 g/mol. The van der Waals surface area contributed by atoms with Gasteiger partial charge in [-0.05, 0) is 13.0 Å². The van der Waals surface area contributed by atoms with E-state index in [0.717, 1.165) is 0 Å².